The van der Waals surface area contributed by atoms with Crippen LogP contribution in [0.25, 0.3) is 21.8 Å². The van der Waals surface area contributed by atoms with Gasteiger partial charge in [-0.1, -0.05) is 36.4 Å². The maximum absolute atomic E-state index is 11.8. The average Bonchev–Trinajstić information content (AvgIpc) is 3.52. The number of thioether (sulfide) groups is 1. The molecule has 328 valence electrons. The Labute approximate surface area is 344 Å². The van der Waals surface area contributed by atoms with Crippen LogP contribution in [-0.4, -0.2) is 183 Å². The zero-order valence-electron chi connectivity index (χ0n) is 32.3. The van der Waals surface area contributed by atoms with Crippen molar-refractivity contribution in [2.45, 2.75) is 123 Å². The maximum Gasteiger partial charge on any atom is 0.187 e. The van der Waals surface area contributed by atoms with Crippen molar-refractivity contribution in [3.8, 4) is 0 Å². The summed E-state index contributed by atoms with van der Waals surface area (Å²) >= 11 is 1.50. The quantitative estimate of drug-likeness (QED) is 0.0538. The van der Waals surface area contributed by atoms with Crippen molar-refractivity contribution in [1.29, 1.82) is 0 Å². The normalized spacial score (nSPS) is 41.7. The molecule has 20 nitrogen and oxygen atoms in total. The van der Waals surface area contributed by atoms with Crippen molar-refractivity contribution in [2.75, 3.05) is 36.5 Å². The summed E-state index contributed by atoms with van der Waals surface area (Å²) in [5.41, 5.74) is 39.5. The third-order valence-corrected chi connectivity index (χ3v) is 12.7. The lowest BCUT2D eigenvalue weighted by Crippen LogP contribution is -2.68. The van der Waals surface area contributed by atoms with Crippen molar-refractivity contribution in [3.05, 3.63) is 48.5 Å². The van der Waals surface area contributed by atoms with E-state index in [9.17, 15) is 30.6 Å². The molecule has 4 heterocycles. The molecule has 2 aromatic carbocycles. The van der Waals surface area contributed by atoms with E-state index in [1.165, 1.54) is 11.8 Å². The van der Waals surface area contributed by atoms with E-state index in [-0.39, 0.29) is 25.3 Å². The molecule has 7 rings (SSSR count). The molecule has 0 radical (unpaired) electrons. The molecular weight excluding hydrogens is 793 g/mol. The van der Waals surface area contributed by atoms with E-state index in [4.69, 9.17) is 67.8 Å². The van der Waals surface area contributed by atoms with Crippen LogP contribution >= 0.6 is 11.8 Å². The lowest BCUT2D eigenvalue weighted by Gasteiger charge is -2.47. The molecule has 0 spiro atoms. The average molecular weight is 851 g/mol. The second kappa shape index (κ2) is 19.3. The van der Waals surface area contributed by atoms with Crippen LogP contribution in [0.1, 0.15) is 6.42 Å². The SMILES string of the molecule is NCC1OC(OC2C(CSCCNc3c4ccccc4nc4ccccc34)OC(OC3C(O)C(N)CC(N)C3OC3OC(CN)C(O)C(O)C3N)C2O)C(N)C(O)C1O. The smallest absolute Gasteiger partial charge is 0.187 e. The number of hydrogen-bond donors (Lipinski definition) is 13. The lowest BCUT2D eigenvalue weighted by atomic mass is 9.84. The van der Waals surface area contributed by atoms with Gasteiger partial charge in [-0.3, -0.25) is 0 Å². The number of pyridine rings is 1. The molecular formula is C38H58N8O12S. The maximum atomic E-state index is 11.8. The van der Waals surface area contributed by atoms with Gasteiger partial charge in [0.2, 0.25) is 0 Å². The Morgan fingerprint density at radius 3 is 1.68 bits per heavy atom. The van der Waals surface area contributed by atoms with Gasteiger partial charge in [0.1, 0.15) is 61.0 Å². The first-order chi connectivity index (χ1) is 28.3. The molecule has 0 bridgehead atoms. The molecule has 19 N–H and O–H groups in total. The number of para-hydroxylation sites is 2. The van der Waals surface area contributed by atoms with E-state index < -0.39 is 116 Å². The second-order valence-electron chi connectivity index (χ2n) is 15.6. The molecule has 19 atom stereocenters. The Bertz CT molecular complexity index is 1790. The number of benzene rings is 2. The number of rotatable bonds is 14. The van der Waals surface area contributed by atoms with Crippen LogP contribution in [0, 0.1) is 0 Å². The van der Waals surface area contributed by atoms with Gasteiger partial charge < -0.3 is 98.8 Å². The molecule has 4 fully saturated rings. The van der Waals surface area contributed by atoms with Crippen LogP contribution in [0.2, 0.25) is 0 Å². The minimum Gasteiger partial charge on any atom is -0.389 e. The van der Waals surface area contributed by atoms with Gasteiger partial charge in [-0.15, -0.1) is 0 Å². The summed E-state index contributed by atoms with van der Waals surface area (Å²) in [6, 6.07) is 11.6. The van der Waals surface area contributed by atoms with Gasteiger partial charge in [-0.25, -0.2) is 4.98 Å². The fourth-order valence-corrected chi connectivity index (χ4v) is 9.12. The largest absolute Gasteiger partial charge is 0.389 e. The minimum atomic E-state index is -1.53. The number of hydrogen-bond acceptors (Lipinski definition) is 21. The zero-order valence-corrected chi connectivity index (χ0v) is 33.1. The van der Waals surface area contributed by atoms with Gasteiger partial charge in [0, 0.05) is 54.0 Å². The highest BCUT2D eigenvalue weighted by Gasteiger charge is 2.54. The van der Waals surface area contributed by atoms with E-state index in [2.05, 4.69) is 5.32 Å². The zero-order chi connectivity index (χ0) is 42.1. The minimum absolute atomic E-state index is 0.102. The number of ether oxygens (including phenoxy) is 6. The van der Waals surface area contributed by atoms with Gasteiger partial charge in [-0.2, -0.15) is 11.8 Å². The molecule has 0 amide bonds. The number of nitrogens with one attached hydrogen (secondary N) is 1. The van der Waals surface area contributed by atoms with Gasteiger partial charge in [0.25, 0.3) is 0 Å². The molecule has 3 aliphatic heterocycles. The van der Waals surface area contributed by atoms with Gasteiger partial charge in [0.15, 0.2) is 18.9 Å². The summed E-state index contributed by atoms with van der Waals surface area (Å²) in [6.07, 6.45) is -19.1. The lowest BCUT2D eigenvalue weighted by molar-refractivity contribution is -0.306. The molecule has 3 aromatic rings. The van der Waals surface area contributed by atoms with E-state index in [0.29, 0.717) is 12.3 Å². The van der Waals surface area contributed by atoms with Crippen LogP contribution in [-0.2, 0) is 28.4 Å². The molecule has 3 saturated heterocycles. The first kappa shape index (κ1) is 44.6. The van der Waals surface area contributed by atoms with Crippen molar-refractivity contribution in [2.24, 2.45) is 34.4 Å². The Kier molecular flexibility index (Phi) is 14.6. The van der Waals surface area contributed by atoms with E-state index in [1.54, 1.807) is 0 Å². The summed E-state index contributed by atoms with van der Waals surface area (Å²) in [5.74, 6) is 0.859. The van der Waals surface area contributed by atoms with Crippen molar-refractivity contribution < 1.29 is 59.1 Å². The van der Waals surface area contributed by atoms with Crippen molar-refractivity contribution in [1.82, 2.24) is 4.98 Å². The molecule has 1 saturated carbocycles. The second-order valence-corrected chi connectivity index (χ2v) is 16.7. The summed E-state index contributed by atoms with van der Waals surface area (Å²) in [4.78, 5) is 4.79. The fourth-order valence-electron chi connectivity index (χ4n) is 8.21. The number of aliphatic hydroxyl groups excluding tert-OH is 6. The molecule has 21 heteroatoms. The van der Waals surface area contributed by atoms with E-state index in [0.717, 1.165) is 27.5 Å². The Morgan fingerprint density at radius 1 is 0.610 bits per heavy atom. The number of aromatic nitrogens is 1. The molecule has 1 aromatic heterocycles. The van der Waals surface area contributed by atoms with Crippen molar-refractivity contribution >= 4 is 39.3 Å². The third-order valence-electron chi connectivity index (χ3n) is 11.6. The third kappa shape index (κ3) is 9.20. The van der Waals surface area contributed by atoms with Crippen molar-refractivity contribution in [3.63, 3.8) is 0 Å². The van der Waals surface area contributed by atoms with Crippen LogP contribution in [0.3, 0.4) is 0 Å². The van der Waals surface area contributed by atoms with E-state index >= 15 is 0 Å². The van der Waals surface area contributed by atoms with Gasteiger partial charge in [0.05, 0.1) is 41.0 Å². The first-order valence-corrected chi connectivity index (χ1v) is 21.0. The fraction of sp³-hybridized carbons (Fsp3) is 0.658. The summed E-state index contributed by atoms with van der Waals surface area (Å²) in [5, 5.41) is 70.9. The van der Waals surface area contributed by atoms with Crippen LogP contribution in [0.5, 0.6) is 0 Å². The Hall–Kier alpha value is -2.46. The van der Waals surface area contributed by atoms with Gasteiger partial charge in [-0.05, 0) is 18.6 Å². The first-order valence-electron chi connectivity index (χ1n) is 19.9. The molecule has 4 aliphatic rings. The molecule has 19 unspecified atom stereocenters. The number of aliphatic hydroxyl groups is 6. The number of fused-ring (bicyclic) bond motifs is 2. The topological polar surface area (TPSA) is 358 Å². The summed E-state index contributed by atoms with van der Waals surface area (Å²) in [7, 11) is 0. The summed E-state index contributed by atoms with van der Waals surface area (Å²) in [6.45, 7) is 0.252. The predicted molar refractivity (Wildman–Crippen MR) is 216 cm³/mol. The monoisotopic (exact) mass is 850 g/mol. The highest BCUT2D eigenvalue weighted by Crippen LogP contribution is 2.36. The molecule has 1 aliphatic carbocycles. The Balaban J connectivity index is 1.08. The highest BCUT2D eigenvalue weighted by molar-refractivity contribution is 7.99. The van der Waals surface area contributed by atoms with Gasteiger partial charge >= 0.3 is 0 Å². The van der Waals surface area contributed by atoms with Crippen LogP contribution < -0.4 is 39.7 Å². The van der Waals surface area contributed by atoms with Crippen LogP contribution in [0.15, 0.2) is 48.5 Å². The number of nitrogens with zero attached hydrogens (tertiary/aromatic N) is 1. The van der Waals surface area contributed by atoms with E-state index in [1.807, 2.05) is 48.5 Å². The Morgan fingerprint density at radius 2 is 1.12 bits per heavy atom. The molecule has 59 heavy (non-hydrogen) atoms. The summed E-state index contributed by atoms with van der Waals surface area (Å²) < 4.78 is 36.7. The highest BCUT2D eigenvalue weighted by atomic mass is 32.2. The van der Waals surface area contributed by atoms with Crippen LogP contribution in [0.4, 0.5) is 5.69 Å². The predicted octanol–water partition coefficient (Wildman–Crippen LogP) is -4.34. The standard InChI is InChI=1S/C38H58N8O12S/c39-12-21-28(48)30(50)24(43)36(53-21)56-33-18(42)11-17(41)27(47)35(33)58-38-32(52)34(57-37-25(44)31(51)29(49)22(13-40)54-37)23(55-38)14-59-10-9-45-26-15-5-1-3-7-19(15)46-20-8-4-2-6-16(20)26/h1-8,17-18,21-25,27-38,47-52H,9-14,39-44H2,(H,45,46). The number of anilines is 1. The number of nitrogens with two attached hydrogens (primary N) is 6.